The van der Waals surface area contributed by atoms with Gasteiger partial charge in [-0.3, -0.25) is 14.9 Å². The molecule has 1 rings (SSSR count). The second kappa shape index (κ2) is 6.05. The van der Waals surface area contributed by atoms with Crippen molar-refractivity contribution >= 4 is 21.6 Å². The molecule has 1 aromatic carbocycles. The Hall–Kier alpha value is -2.21. The zero-order chi connectivity index (χ0) is 16.4. The Labute approximate surface area is 115 Å². The third kappa shape index (κ3) is 4.13. The molecule has 0 unspecified atom stereocenters. The highest BCUT2D eigenvalue weighted by Gasteiger charge is 2.26. The van der Waals surface area contributed by atoms with Gasteiger partial charge in [0, 0.05) is 12.1 Å². The summed E-state index contributed by atoms with van der Waals surface area (Å²) in [5.41, 5.74) is -2.00. The summed E-state index contributed by atoms with van der Waals surface area (Å²) in [6.07, 6.45) is -2.94. The van der Waals surface area contributed by atoms with Gasteiger partial charge in [0.05, 0.1) is 17.0 Å². The molecule has 21 heavy (non-hydrogen) atoms. The Balaban J connectivity index is 3.41. The first-order chi connectivity index (χ1) is 9.54. The molecule has 0 aliphatic rings. The van der Waals surface area contributed by atoms with Crippen LogP contribution in [0.2, 0.25) is 0 Å². The van der Waals surface area contributed by atoms with Crippen LogP contribution in [0.1, 0.15) is 10.4 Å². The maximum absolute atomic E-state index is 13.9. The first kappa shape index (κ1) is 16.8. The number of halogens is 3. The van der Waals surface area contributed by atoms with E-state index in [2.05, 4.69) is 5.14 Å². The number of alkyl halides is 2. The number of nitrogens with zero attached hydrogens (tertiary/aromatic N) is 1. The van der Waals surface area contributed by atoms with Gasteiger partial charge in [0.15, 0.2) is 5.82 Å². The molecule has 0 atom stereocenters. The van der Waals surface area contributed by atoms with E-state index in [1.54, 1.807) is 5.32 Å². The Morgan fingerprint density at radius 1 is 1.43 bits per heavy atom. The van der Waals surface area contributed by atoms with Crippen molar-refractivity contribution in [2.45, 2.75) is 11.3 Å². The van der Waals surface area contributed by atoms with Gasteiger partial charge in [-0.1, -0.05) is 0 Å². The molecule has 0 aliphatic carbocycles. The van der Waals surface area contributed by atoms with Gasteiger partial charge < -0.3 is 5.32 Å². The van der Waals surface area contributed by atoms with Crippen LogP contribution in [0.15, 0.2) is 17.0 Å². The second-order valence-electron chi connectivity index (χ2n) is 3.71. The van der Waals surface area contributed by atoms with Crippen molar-refractivity contribution in [3.8, 4) is 0 Å². The van der Waals surface area contributed by atoms with E-state index in [9.17, 15) is 36.5 Å². The summed E-state index contributed by atoms with van der Waals surface area (Å²) >= 11 is 0. The number of benzene rings is 1. The Morgan fingerprint density at radius 2 is 2.00 bits per heavy atom. The molecular formula is C9H8F3N3O5S. The molecule has 0 fully saturated rings. The lowest BCUT2D eigenvalue weighted by Gasteiger charge is -2.08. The fraction of sp³-hybridized carbons (Fsp3) is 0.222. The molecule has 1 aromatic rings. The smallest absolute Gasteiger partial charge is 0.271 e. The molecular weight excluding hydrogens is 319 g/mol. The Morgan fingerprint density at radius 3 is 2.43 bits per heavy atom. The average molecular weight is 327 g/mol. The second-order valence-corrected chi connectivity index (χ2v) is 5.24. The van der Waals surface area contributed by atoms with Crippen LogP contribution < -0.4 is 10.5 Å². The van der Waals surface area contributed by atoms with Crippen LogP contribution in [0.3, 0.4) is 0 Å². The summed E-state index contributed by atoms with van der Waals surface area (Å²) in [4.78, 5) is 19.7. The van der Waals surface area contributed by atoms with E-state index in [-0.39, 0.29) is 0 Å². The van der Waals surface area contributed by atoms with Crippen LogP contribution in [0, 0.1) is 15.9 Å². The SMILES string of the molecule is NS(=O)(=O)c1cc([N+](=O)[O-])cc(C(=O)NCC(F)F)c1F. The maximum Gasteiger partial charge on any atom is 0.271 e. The Bertz CT molecular complexity index is 692. The molecule has 0 aromatic heterocycles. The number of rotatable bonds is 5. The monoisotopic (exact) mass is 327 g/mol. The number of hydrogen-bond donors (Lipinski definition) is 2. The van der Waals surface area contributed by atoms with E-state index in [0.717, 1.165) is 0 Å². The van der Waals surface area contributed by atoms with Crippen LogP contribution in [0.5, 0.6) is 0 Å². The van der Waals surface area contributed by atoms with Crippen LogP contribution in [0.25, 0.3) is 0 Å². The number of non-ortho nitro benzene ring substituents is 1. The van der Waals surface area contributed by atoms with Crippen molar-refractivity contribution in [1.29, 1.82) is 0 Å². The number of nitro benzene ring substituents is 1. The molecule has 0 saturated heterocycles. The standard InChI is InChI=1S/C9H8F3N3O5S/c10-7(11)3-14-9(16)5-1-4(15(17)18)2-6(8(5)12)21(13,19)20/h1-2,7H,3H2,(H,14,16)(H2,13,19,20). The molecule has 1 amide bonds. The lowest BCUT2D eigenvalue weighted by Crippen LogP contribution is -2.30. The van der Waals surface area contributed by atoms with Crippen molar-refractivity contribution in [3.05, 3.63) is 33.6 Å². The van der Waals surface area contributed by atoms with Gasteiger partial charge in [-0.2, -0.15) is 0 Å². The van der Waals surface area contributed by atoms with Crippen LogP contribution >= 0.6 is 0 Å². The lowest BCUT2D eigenvalue weighted by atomic mass is 10.1. The van der Waals surface area contributed by atoms with Gasteiger partial charge in [-0.25, -0.2) is 26.7 Å². The number of hydrogen-bond acceptors (Lipinski definition) is 5. The summed E-state index contributed by atoms with van der Waals surface area (Å²) < 4.78 is 60.0. The molecule has 0 radical (unpaired) electrons. The predicted octanol–water partition coefficient (Wildman–Crippen LogP) is 0.376. The highest BCUT2D eigenvalue weighted by Crippen LogP contribution is 2.24. The summed E-state index contributed by atoms with van der Waals surface area (Å²) in [6.45, 7) is -1.13. The maximum atomic E-state index is 13.9. The molecule has 0 saturated carbocycles. The number of nitro groups is 1. The van der Waals surface area contributed by atoms with Crippen molar-refractivity contribution in [3.63, 3.8) is 0 Å². The molecule has 116 valence electrons. The van der Waals surface area contributed by atoms with E-state index < -0.39 is 55.8 Å². The van der Waals surface area contributed by atoms with Crippen LogP contribution in [0.4, 0.5) is 18.9 Å². The predicted molar refractivity (Wildman–Crippen MR) is 62.8 cm³/mol. The molecule has 12 heteroatoms. The minimum Gasteiger partial charge on any atom is -0.346 e. The van der Waals surface area contributed by atoms with E-state index in [0.29, 0.717) is 12.1 Å². The normalized spacial score (nSPS) is 11.5. The zero-order valence-electron chi connectivity index (χ0n) is 10.0. The third-order valence-electron chi connectivity index (χ3n) is 2.20. The van der Waals surface area contributed by atoms with E-state index in [1.165, 1.54) is 0 Å². The molecule has 0 spiro atoms. The first-order valence-electron chi connectivity index (χ1n) is 5.11. The van der Waals surface area contributed by atoms with Gasteiger partial charge in [0.25, 0.3) is 18.0 Å². The van der Waals surface area contributed by atoms with Gasteiger partial charge in [-0.05, 0) is 0 Å². The zero-order valence-corrected chi connectivity index (χ0v) is 10.9. The first-order valence-corrected chi connectivity index (χ1v) is 6.65. The largest absolute Gasteiger partial charge is 0.346 e. The van der Waals surface area contributed by atoms with E-state index >= 15 is 0 Å². The topological polar surface area (TPSA) is 132 Å². The van der Waals surface area contributed by atoms with Gasteiger partial charge in [0.2, 0.25) is 10.0 Å². The fourth-order valence-electron chi connectivity index (χ4n) is 1.33. The number of nitrogens with one attached hydrogen (secondary N) is 1. The van der Waals surface area contributed by atoms with Gasteiger partial charge in [0.1, 0.15) is 4.90 Å². The number of nitrogens with two attached hydrogens (primary N) is 1. The van der Waals surface area contributed by atoms with Crippen LogP contribution in [-0.4, -0.2) is 32.2 Å². The minimum atomic E-state index is -4.68. The van der Waals surface area contributed by atoms with Crippen molar-refractivity contribution in [1.82, 2.24) is 5.32 Å². The average Bonchev–Trinajstić information content (AvgIpc) is 2.34. The quantitative estimate of drug-likeness (QED) is 0.596. The molecule has 0 heterocycles. The number of carbonyl (C=O) groups is 1. The van der Waals surface area contributed by atoms with E-state index in [1.807, 2.05) is 0 Å². The van der Waals surface area contributed by atoms with Gasteiger partial charge in [-0.15, -0.1) is 0 Å². The lowest BCUT2D eigenvalue weighted by molar-refractivity contribution is -0.385. The number of carbonyl (C=O) groups excluding carboxylic acids is 1. The number of sulfonamides is 1. The van der Waals surface area contributed by atoms with Gasteiger partial charge >= 0.3 is 0 Å². The number of amides is 1. The minimum absolute atomic E-state index is 0.328. The molecule has 8 nitrogen and oxygen atoms in total. The highest BCUT2D eigenvalue weighted by atomic mass is 32.2. The third-order valence-corrected chi connectivity index (χ3v) is 3.11. The van der Waals surface area contributed by atoms with Crippen molar-refractivity contribution in [2.24, 2.45) is 5.14 Å². The highest BCUT2D eigenvalue weighted by molar-refractivity contribution is 7.89. The van der Waals surface area contributed by atoms with Crippen LogP contribution in [-0.2, 0) is 10.0 Å². The molecule has 0 bridgehead atoms. The van der Waals surface area contributed by atoms with Crippen molar-refractivity contribution in [2.75, 3.05) is 6.54 Å². The summed E-state index contributed by atoms with van der Waals surface area (Å²) in [7, 11) is -4.68. The number of primary sulfonamides is 1. The molecule has 3 N–H and O–H groups in total. The summed E-state index contributed by atoms with van der Waals surface area (Å²) in [5.74, 6) is -3.09. The summed E-state index contributed by atoms with van der Waals surface area (Å²) in [5, 5.41) is 16.9. The summed E-state index contributed by atoms with van der Waals surface area (Å²) in [6, 6.07) is 0.749. The Kier molecular flexibility index (Phi) is 4.85. The van der Waals surface area contributed by atoms with E-state index in [4.69, 9.17) is 0 Å². The fourth-order valence-corrected chi connectivity index (χ4v) is 1.97. The van der Waals surface area contributed by atoms with Crippen molar-refractivity contribution < 1.29 is 31.3 Å². The molecule has 0 aliphatic heterocycles.